The number of phenols is 1. The Morgan fingerprint density at radius 1 is 1.38 bits per heavy atom. The molecule has 1 aromatic carbocycles. The van der Waals surface area contributed by atoms with E-state index in [1.807, 2.05) is 12.1 Å². The zero-order chi connectivity index (χ0) is 17.7. The fraction of sp³-hybridized carbons (Fsp3) is 0.632. The van der Waals surface area contributed by atoms with E-state index in [0.29, 0.717) is 25.1 Å². The molecule has 148 valence electrons. The number of hydrogen-bond acceptors (Lipinski definition) is 4. The first-order chi connectivity index (χ1) is 12.3. The molecule has 26 heavy (non-hydrogen) atoms. The van der Waals surface area contributed by atoms with E-state index < -0.39 is 0 Å². The Kier molecular flexibility index (Phi) is 12.4. The number of nitrogens with one attached hydrogen (secondary N) is 2. The predicted molar refractivity (Wildman–Crippen MR) is 116 cm³/mol. The fourth-order valence-electron chi connectivity index (χ4n) is 2.73. The van der Waals surface area contributed by atoms with E-state index >= 15 is 0 Å². The molecular weight excluding hydrogens is 445 g/mol. The van der Waals surface area contributed by atoms with E-state index in [9.17, 15) is 5.11 Å². The van der Waals surface area contributed by atoms with Crippen LogP contribution in [0, 0.1) is 0 Å². The first kappa shape index (κ1) is 23.0. The van der Waals surface area contributed by atoms with E-state index in [1.54, 1.807) is 12.1 Å². The van der Waals surface area contributed by atoms with Crippen molar-refractivity contribution in [1.82, 2.24) is 10.6 Å². The minimum Gasteiger partial charge on any atom is -0.508 e. The van der Waals surface area contributed by atoms with Gasteiger partial charge in [-0.25, -0.2) is 0 Å². The summed E-state index contributed by atoms with van der Waals surface area (Å²) in [5, 5.41) is 16.1. The lowest BCUT2D eigenvalue weighted by Gasteiger charge is -2.12. The molecule has 0 bridgehead atoms. The first-order valence-corrected chi connectivity index (χ1v) is 9.27. The highest BCUT2D eigenvalue weighted by molar-refractivity contribution is 14.0. The SMILES string of the molecule is CCNC(=NCCCOCC1CCCO1)NCCc1cccc(O)c1.I. The number of halogens is 1. The molecule has 0 spiro atoms. The summed E-state index contributed by atoms with van der Waals surface area (Å²) >= 11 is 0. The molecule has 1 aliphatic heterocycles. The topological polar surface area (TPSA) is 75.1 Å². The summed E-state index contributed by atoms with van der Waals surface area (Å²) in [6, 6.07) is 7.35. The van der Waals surface area contributed by atoms with Crippen molar-refractivity contribution in [3.8, 4) is 5.75 Å². The molecule has 1 aliphatic rings. The van der Waals surface area contributed by atoms with Crippen LogP contribution in [0.15, 0.2) is 29.3 Å². The van der Waals surface area contributed by atoms with Crippen molar-refractivity contribution < 1.29 is 14.6 Å². The second-order valence-corrected chi connectivity index (χ2v) is 6.17. The summed E-state index contributed by atoms with van der Waals surface area (Å²) in [4.78, 5) is 4.57. The Bertz CT molecular complexity index is 523. The van der Waals surface area contributed by atoms with Gasteiger partial charge in [0.25, 0.3) is 0 Å². The highest BCUT2D eigenvalue weighted by Gasteiger charge is 2.14. The minimum absolute atomic E-state index is 0. The summed E-state index contributed by atoms with van der Waals surface area (Å²) in [6.07, 6.45) is 4.30. The Labute approximate surface area is 173 Å². The highest BCUT2D eigenvalue weighted by Crippen LogP contribution is 2.12. The Morgan fingerprint density at radius 2 is 2.27 bits per heavy atom. The third kappa shape index (κ3) is 9.59. The molecular formula is C19H32IN3O3. The number of guanidine groups is 1. The summed E-state index contributed by atoms with van der Waals surface area (Å²) in [5.41, 5.74) is 1.10. The molecule has 6 nitrogen and oxygen atoms in total. The largest absolute Gasteiger partial charge is 0.508 e. The van der Waals surface area contributed by atoms with Crippen molar-refractivity contribution in [3.05, 3.63) is 29.8 Å². The van der Waals surface area contributed by atoms with Crippen LogP contribution in [0.4, 0.5) is 0 Å². The Hall–Kier alpha value is -1.06. The summed E-state index contributed by atoms with van der Waals surface area (Å²) < 4.78 is 11.2. The van der Waals surface area contributed by atoms with Crippen LogP contribution in [0.3, 0.4) is 0 Å². The first-order valence-electron chi connectivity index (χ1n) is 9.27. The maximum Gasteiger partial charge on any atom is 0.191 e. The number of phenolic OH excluding ortho intramolecular Hbond substituents is 1. The monoisotopic (exact) mass is 477 g/mol. The molecule has 0 saturated carbocycles. The van der Waals surface area contributed by atoms with Crippen LogP contribution in [0.2, 0.25) is 0 Å². The van der Waals surface area contributed by atoms with Crippen LogP contribution in [-0.2, 0) is 15.9 Å². The highest BCUT2D eigenvalue weighted by atomic mass is 127. The number of rotatable bonds is 10. The Balaban J connectivity index is 0.00000338. The molecule has 1 atom stereocenters. The van der Waals surface area contributed by atoms with Gasteiger partial charge in [0.2, 0.25) is 0 Å². The number of benzene rings is 1. The molecule has 1 aromatic rings. The van der Waals surface area contributed by atoms with Crippen LogP contribution in [0.1, 0.15) is 31.7 Å². The van der Waals surface area contributed by atoms with Crippen molar-refractivity contribution >= 4 is 29.9 Å². The molecule has 3 N–H and O–H groups in total. The fourth-order valence-corrected chi connectivity index (χ4v) is 2.73. The standard InChI is InChI=1S/C19H31N3O3.HI/c1-2-20-19(22-11-9-16-6-3-7-17(23)14-16)21-10-5-12-24-15-18-8-4-13-25-18;/h3,6-7,14,18,23H,2,4-5,8-13,15H2,1H3,(H2,20,21,22);1H. The maximum atomic E-state index is 9.49. The normalized spacial score (nSPS) is 17.0. The lowest BCUT2D eigenvalue weighted by Crippen LogP contribution is -2.38. The van der Waals surface area contributed by atoms with Crippen molar-refractivity contribution in [2.24, 2.45) is 4.99 Å². The average Bonchev–Trinajstić information content (AvgIpc) is 3.11. The van der Waals surface area contributed by atoms with Gasteiger partial charge in [0.05, 0.1) is 12.7 Å². The van der Waals surface area contributed by atoms with Crippen LogP contribution in [0.5, 0.6) is 5.75 Å². The molecule has 0 aromatic heterocycles. The molecule has 2 rings (SSSR count). The second-order valence-electron chi connectivity index (χ2n) is 6.17. The van der Waals surface area contributed by atoms with E-state index in [-0.39, 0.29) is 24.0 Å². The van der Waals surface area contributed by atoms with Crippen molar-refractivity contribution in [2.45, 2.75) is 38.7 Å². The van der Waals surface area contributed by atoms with Crippen molar-refractivity contribution in [1.29, 1.82) is 0 Å². The van der Waals surface area contributed by atoms with Gasteiger partial charge < -0.3 is 25.2 Å². The predicted octanol–water partition coefficient (Wildman–Crippen LogP) is 2.69. The van der Waals surface area contributed by atoms with E-state index in [2.05, 4.69) is 22.5 Å². The molecule has 1 heterocycles. The van der Waals surface area contributed by atoms with Gasteiger partial charge in [-0.3, -0.25) is 4.99 Å². The van der Waals surface area contributed by atoms with E-state index in [4.69, 9.17) is 9.47 Å². The maximum absolute atomic E-state index is 9.49. The third-order valence-electron chi connectivity index (χ3n) is 4.01. The van der Waals surface area contributed by atoms with Gasteiger partial charge in [-0.05, 0) is 50.3 Å². The molecule has 0 aliphatic carbocycles. The molecule has 1 unspecified atom stereocenters. The zero-order valence-electron chi connectivity index (χ0n) is 15.6. The van der Waals surface area contributed by atoms with Gasteiger partial charge in [0.15, 0.2) is 5.96 Å². The van der Waals surface area contributed by atoms with E-state index in [1.165, 1.54) is 0 Å². The molecule has 0 amide bonds. The van der Waals surface area contributed by atoms with Crippen LogP contribution >= 0.6 is 24.0 Å². The summed E-state index contributed by atoms with van der Waals surface area (Å²) in [5.74, 6) is 1.13. The smallest absolute Gasteiger partial charge is 0.191 e. The van der Waals surface area contributed by atoms with Crippen LogP contribution < -0.4 is 10.6 Å². The van der Waals surface area contributed by atoms with Crippen LogP contribution in [-0.4, -0.2) is 56.6 Å². The van der Waals surface area contributed by atoms with Gasteiger partial charge >= 0.3 is 0 Å². The van der Waals surface area contributed by atoms with Crippen molar-refractivity contribution in [2.75, 3.05) is 39.5 Å². The van der Waals surface area contributed by atoms with Gasteiger partial charge in [-0.15, -0.1) is 24.0 Å². The number of nitrogens with zero attached hydrogens (tertiary/aromatic N) is 1. The number of aromatic hydroxyl groups is 1. The average molecular weight is 477 g/mol. The van der Waals surface area contributed by atoms with Crippen LogP contribution in [0.25, 0.3) is 0 Å². The lowest BCUT2D eigenvalue weighted by molar-refractivity contribution is 0.0171. The van der Waals surface area contributed by atoms with Gasteiger partial charge in [0, 0.05) is 32.8 Å². The molecule has 0 radical (unpaired) electrons. The number of ether oxygens (including phenoxy) is 2. The molecule has 1 fully saturated rings. The summed E-state index contributed by atoms with van der Waals surface area (Å²) in [6.45, 7) is 6.67. The quantitative estimate of drug-likeness (QED) is 0.209. The minimum atomic E-state index is 0. The molecule has 7 heteroatoms. The zero-order valence-corrected chi connectivity index (χ0v) is 17.9. The summed E-state index contributed by atoms with van der Waals surface area (Å²) in [7, 11) is 0. The number of aliphatic imine (C=N–C) groups is 1. The number of hydrogen-bond donors (Lipinski definition) is 3. The second kappa shape index (κ2) is 14.1. The van der Waals surface area contributed by atoms with E-state index in [0.717, 1.165) is 63.4 Å². The molecule has 1 saturated heterocycles. The Morgan fingerprint density at radius 3 is 3.00 bits per heavy atom. The van der Waals surface area contributed by atoms with Gasteiger partial charge in [-0.1, -0.05) is 12.1 Å². The third-order valence-corrected chi connectivity index (χ3v) is 4.01. The lowest BCUT2D eigenvalue weighted by atomic mass is 10.1. The van der Waals surface area contributed by atoms with Crippen molar-refractivity contribution in [3.63, 3.8) is 0 Å². The van der Waals surface area contributed by atoms with Gasteiger partial charge in [0.1, 0.15) is 5.75 Å². The van der Waals surface area contributed by atoms with Gasteiger partial charge in [-0.2, -0.15) is 0 Å².